The van der Waals surface area contributed by atoms with Crippen molar-refractivity contribution in [3.63, 3.8) is 0 Å². The van der Waals surface area contributed by atoms with Crippen molar-refractivity contribution >= 4 is 17.7 Å². The first-order valence-electron chi connectivity index (χ1n) is 5.44. The molecule has 94 valence electrons. The maximum absolute atomic E-state index is 13.2. The fraction of sp³-hybridized carbons (Fsp3) is 0.417. The largest absolute Gasteiger partial charge is 0.465 e. The zero-order valence-electron chi connectivity index (χ0n) is 9.69. The molecule has 1 rings (SSSR count). The number of hydrogen-bond donors (Lipinski definition) is 1. The summed E-state index contributed by atoms with van der Waals surface area (Å²) in [5.41, 5.74) is 5.62. The second-order valence-electron chi connectivity index (χ2n) is 3.43. The molecule has 3 nitrogen and oxygen atoms in total. The van der Waals surface area contributed by atoms with E-state index in [1.807, 2.05) is 0 Å². The molecular weight excluding hydrogens is 241 g/mol. The number of benzene rings is 1. The van der Waals surface area contributed by atoms with Crippen LogP contribution in [0.15, 0.2) is 29.2 Å². The molecule has 2 N–H and O–H groups in total. The maximum atomic E-state index is 13.2. The van der Waals surface area contributed by atoms with Crippen LogP contribution in [0.5, 0.6) is 0 Å². The van der Waals surface area contributed by atoms with E-state index in [1.54, 1.807) is 25.1 Å². The maximum Gasteiger partial charge on any atom is 0.322 e. The van der Waals surface area contributed by atoms with Crippen LogP contribution in [0.2, 0.25) is 0 Å². The first-order valence-corrected chi connectivity index (χ1v) is 6.43. The zero-order valence-corrected chi connectivity index (χ0v) is 10.5. The van der Waals surface area contributed by atoms with Crippen molar-refractivity contribution in [2.75, 3.05) is 12.4 Å². The molecule has 17 heavy (non-hydrogen) atoms. The summed E-state index contributed by atoms with van der Waals surface area (Å²) in [6.07, 6.45) is 0.470. The Labute approximate surface area is 105 Å². The lowest BCUT2D eigenvalue weighted by Crippen LogP contribution is -2.32. The van der Waals surface area contributed by atoms with E-state index < -0.39 is 12.0 Å². The van der Waals surface area contributed by atoms with E-state index in [0.717, 1.165) is 0 Å². The predicted octanol–water partition coefficient (Wildman–Crippen LogP) is 2.20. The smallest absolute Gasteiger partial charge is 0.322 e. The van der Waals surface area contributed by atoms with Gasteiger partial charge in [0.2, 0.25) is 0 Å². The Hall–Kier alpha value is -1.07. The lowest BCUT2D eigenvalue weighted by Gasteiger charge is -2.10. The summed E-state index contributed by atoms with van der Waals surface area (Å²) >= 11 is 1.35. The summed E-state index contributed by atoms with van der Waals surface area (Å²) in [5.74, 6) is -0.0650. The van der Waals surface area contributed by atoms with Crippen molar-refractivity contribution in [3.8, 4) is 0 Å². The minimum absolute atomic E-state index is 0.248. The Morgan fingerprint density at radius 3 is 2.88 bits per heavy atom. The number of esters is 1. The summed E-state index contributed by atoms with van der Waals surface area (Å²) in [6, 6.07) is 5.90. The van der Waals surface area contributed by atoms with Crippen LogP contribution in [0.4, 0.5) is 4.39 Å². The number of carbonyl (C=O) groups is 1. The first-order chi connectivity index (χ1) is 8.15. The third kappa shape index (κ3) is 4.75. The Morgan fingerprint density at radius 2 is 2.24 bits per heavy atom. The molecule has 0 heterocycles. The molecule has 0 bridgehead atoms. The molecule has 0 fully saturated rings. The molecule has 0 saturated heterocycles. The van der Waals surface area contributed by atoms with Gasteiger partial charge in [0.25, 0.3) is 0 Å². The topological polar surface area (TPSA) is 52.3 Å². The fourth-order valence-electron chi connectivity index (χ4n) is 1.22. The van der Waals surface area contributed by atoms with Crippen LogP contribution in [0, 0.1) is 5.82 Å². The van der Waals surface area contributed by atoms with Crippen LogP contribution in [-0.4, -0.2) is 24.4 Å². The Balaban J connectivity index is 2.33. The van der Waals surface area contributed by atoms with Crippen LogP contribution in [0.1, 0.15) is 13.3 Å². The SMILES string of the molecule is CCOC(=O)C(N)CCSc1ccccc1F. The summed E-state index contributed by atoms with van der Waals surface area (Å²) < 4.78 is 18.0. The number of rotatable bonds is 6. The van der Waals surface area contributed by atoms with Gasteiger partial charge in [0, 0.05) is 10.6 Å². The first kappa shape index (κ1) is 14.0. The molecule has 1 atom stereocenters. The van der Waals surface area contributed by atoms with E-state index in [-0.39, 0.29) is 5.82 Å². The van der Waals surface area contributed by atoms with Gasteiger partial charge in [-0.2, -0.15) is 0 Å². The predicted molar refractivity (Wildman–Crippen MR) is 66.3 cm³/mol. The molecule has 0 aliphatic rings. The number of ether oxygens (including phenoxy) is 1. The van der Waals surface area contributed by atoms with Crippen molar-refractivity contribution in [1.29, 1.82) is 0 Å². The number of nitrogens with two attached hydrogens (primary N) is 1. The van der Waals surface area contributed by atoms with Gasteiger partial charge in [-0.1, -0.05) is 12.1 Å². The van der Waals surface area contributed by atoms with Crippen molar-refractivity contribution in [3.05, 3.63) is 30.1 Å². The molecule has 0 aliphatic heterocycles. The van der Waals surface area contributed by atoms with Crippen LogP contribution >= 0.6 is 11.8 Å². The lowest BCUT2D eigenvalue weighted by atomic mass is 10.2. The van der Waals surface area contributed by atoms with Crippen molar-refractivity contribution < 1.29 is 13.9 Å². The summed E-state index contributed by atoms with van der Waals surface area (Å²) in [6.45, 7) is 2.06. The van der Waals surface area contributed by atoms with Crippen molar-refractivity contribution in [1.82, 2.24) is 0 Å². The zero-order chi connectivity index (χ0) is 12.7. The Bertz CT molecular complexity index is 373. The van der Waals surface area contributed by atoms with Crippen LogP contribution in [0.25, 0.3) is 0 Å². The van der Waals surface area contributed by atoms with Crippen LogP contribution in [0.3, 0.4) is 0 Å². The van der Waals surface area contributed by atoms with Gasteiger partial charge in [-0.3, -0.25) is 4.79 Å². The lowest BCUT2D eigenvalue weighted by molar-refractivity contribution is -0.144. The normalized spacial score (nSPS) is 12.2. The molecule has 5 heteroatoms. The highest BCUT2D eigenvalue weighted by molar-refractivity contribution is 7.99. The van der Waals surface area contributed by atoms with E-state index in [9.17, 15) is 9.18 Å². The third-order valence-electron chi connectivity index (χ3n) is 2.11. The third-order valence-corrected chi connectivity index (χ3v) is 3.19. The summed E-state index contributed by atoms with van der Waals surface area (Å²) in [4.78, 5) is 11.8. The molecule has 0 aromatic heterocycles. The highest BCUT2D eigenvalue weighted by Crippen LogP contribution is 2.22. The molecule has 1 aromatic rings. The van der Waals surface area contributed by atoms with E-state index in [0.29, 0.717) is 23.7 Å². The fourth-order valence-corrected chi connectivity index (χ4v) is 2.20. The van der Waals surface area contributed by atoms with E-state index in [1.165, 1.54) is 17.8 Å². The van der Waals surface area contributed by atoms with Gasteiger partial charge in [-0.15, -0.1) is 11.8 Å². The van der Waals surface area contributed by atoms with Gasteiger partial charge < -0.3 is 10.5 Å². The number of carbonyl (C=O) groups excluding carboxylic acids is 1. The second-order valence-corrected chi connectivity index (χ2v) is 4.56. The molecule has 1 aromatic carbocycles. The van der Waals surface area contributed by atoms with E-state index >= 15 is 0 Å². The Kier molecular flexibility index (Phi) is 6.00. The van der Waals surface area contributed by atoms with Crippen LogP contribution < -0.4 is 5.73 Å². The summed E-state index contributed by atoms with van der Waals surface area (Å²) in [5, 5.41) is 0. The van der Waals surface area contributed by atoms with E-state index in [4.69, 9.17) is 10.5 Å². The van der Waals surface area contributed by atoms with Crippen LogP contribution in [-0.2, 0) is 9.53 Å². The average Bonchev–Trinajstić information content (AvgIpc) is 2.31. The van der Waals surface area contributed by atoms with Gasteiger partial charge in [0.05, 0.1) is 6.61 Å². The Morgan fingerprint density at radius 1 is 1.53 bits per heavy atom. The average molecular weight is 257 g/mol. The highest BCUT2D eigenvalue weighted by Gasteiger charge is 2.14. The highest BCUT2D eigenvalue weighted by atomic mass is 32.2. The van der Waals surface area contributed by atoms with Crippen molar-refractivity contribution in [2.45, 2.75) is 24.3 Å². The standard InChI is InChI=1S/C12H16FNO2S/c1-2-16-12(15)10(14)7-8-17-11-6-4-3-5-9(11)13/h3-6,10H,2,7-8,14H2,1H3. The summed E-state index contributed by atoms with van der Waals surface area (Å²) in [7, 11) is 0. The van der Waals surface area contributed by atoms with Gasteiger partial charge in [0.1, 0.15) is 11.9 Å². The van der Waals surface area contributed by atoms with E-state index in [2.05, 4.69) is 0 Å². The minimum Gasteiger partial charge on any atom is -0.465 e. The number of halogens is 1. The molecule has 0 radical (unpaired) electrons. The van der Waals surface area contributed by atoms with Gasteiger partial charge in [-0.05, 0) is 25.5 Å². The molecule has 0 spiro atoms. The van der Waals surface area contributed by atoms with Gasteiger partial charge in [0.15, 0.2) is 0 Å². The van der Waals surface area contributed by atoms with Gasteiger partial charge in [-0.25, -0.2) is 4.39 Å². The van der Waals surface area contributed by atoms with Crippen molar-refractivity contribution in [2.24, 2.45) is 5.73 Å². The van der Waals surface area contributed by atoms with Gasteiger partial charge >= 0.3 is 5.97 Å². The monoisotopic (exact) mass is 257 g/mol. The molecular formula is C12H16FNO2S. The molecule has 0 amide bonds. The molecule has 1 unspecified atom stereocenters. The number of thioether (sulfide) groups is 1. The number of hydrogen-bond acceptors (Lipinski definition) is 4. The quantitative estimate of drug-likeness (QED) is 0.627. The minimum atomic E-state index is -0.630. The molecule has 0 aliphatic carbocycles. The molecule has 0 saturated carbocycles. The second kappa shape index (κ2) is 7.29.